The van der Waals surface area contributed by atoms with Gasteiger partial charge in [0.15, 0.2) is 0 Å². The summed E-state index contributed by atoms with van der Waals surface area (Å²) in [4.78, 5) is 11.4. The molecule has 1 aliphatic carbocycles. The van der Waals surface area contributed by atoms with Crippen LogP contribution in [0.2, 0.25) is 0 Å². The number of benzene rings is 2. The van der Waals surface area contributed by atoms with E-state index < -0.39 is 11.9 Å². The first kappa shape index (κ1) is 18.7. The molecule has 0 unspecified atom stereocenters. The van der Waals surface area contributed by atoms with Crippen LogP contribution in [-0.4, -0.2) is 21.3 Å². The zero-order chi connectivity index (χ0) is 19.9. The fourth-order valence-corrected chi connectivity index (χ4v) is 4.10. The molecule has 4 nitrogen and oxygen atoms in total. The SMILES string of the molecule is CC(F)(F)c1ccc(Cc2ccc(C(=O)O)cc2-c2nnc(C3CC3)s2)cc1. The largest absolute Gasteiger partial charge is 0.478 e. The lowest BCUT2D eigenvalue weighted by atomic mass is 9.97. The highest BCUT2D eigenvalue weighted by Gasteiger charge is 2.28. The van der Waals surface area contributed by atoms with E-state index in [2.05, 4.69) is 10.2 Å². The maximum absolute atomic E-state index is 13.4. The third kappa shape index (κ3) is 3.94. The lowest BCUT2D eigenvalue weighted by Gasteiger charge is -2.12. The van der Waals surface area contributed by atoms with Crippen molar-refractivity contribution in [3.8, 4) is 10.6 Å². The Morgan fingerprint density at radius 3 is 2.50 bits per heavy atom. The molecule has 1 fully saturated rings. The summed E-state index contributed by atoms with van der Waals surface area (Å²) >= 11 is 1.49. The van der Waals surface area contributed by atoms with E-state index in [9.17, 15) is 18.7 Å². The second-order valence-corrected chi connectivity index (χ2v) is 8.17. The molecule has 3 aromatic rings. The molecule has 1 N–H and O–H groups in total. The molecule has 28 heavy (non-hydrogen) atoms. The topological polar surface area (TPSA) is 63.1 Å². The van der Waals surface area contributed by atoms with Crippen LogP contribution in [0.5, 0.6) is 0 Å². The molecular formula is C21H18F2N2O2S. The van der Waals surface area contributed by atoms with Gasteiger partial charge in [0.05, 0.1) is 5.56 Å². The molecule has 0 amide bonds. The van der Waals surface area contributed by atoms with Crippen molar-refractivity contribution in [2.24, 2.45) is 0 Å². The van der Waals surface area contributed by atoms with Gasteiger partial charge in [-0.15, -0.1) is 10.2 Å². The monoisotopic (exact) mass is 400 g/mol. The van der Waals surface area contributed by atoms with Gasteiger partial charge in [0.25, 0.3) is 5.92 Å². The molecule has 0 radical (unpaired) electrons. The number of nitrogens with zero attached hydrogens (tertiary/aromatic N) is 2. The lowest BCUT2D eigenvalue weighted by molar-refractivity contribution is 0.0174. The van der Waals surface area contributed by atoms with Crippen molar-refractivity contribution in [1.82, 2.24) is 10.2 Å². The number of carboxylic acids is 1. The number of hydrogen-bond donors (Lipinski definition) is 1. The van der Waals surface area contributed by atoms with E-state index in [1.807, 2.05) is 0 Å². The number of halogens is 2. The van der Waals surface area contributed by atoms with Gasteiger partial charge in [-0.25, -0.2) is 13.6 Å². The zero-order valence-corrected chi connectivity index (χ0v) is 16.0. The third-order valence-electron chi connectivity index (χ3n) is 4.81. The summed E-state index contributed by atoms with van der Waals surface area (Å²) in [5.74, 6) is -3.41. The van der Waals surface area contributed by atoms with Crippen LogP contribution in [0.25, 0.3) is 10.6 Å². The molecule has 1 saturated carbocycles. The fraction of sp³-hybridized carbons (Fsp3) is 0.286. The average Bonchev–Trinajstić information content (AvgIpc) is 3.39. The smallest absolute Gasteiger partial charge is 0.335 e. The van der Waals surface area contributed by atoms with Crippen LogP contribution in [0, 0.1) is 0 Å². The van der Waals surface area contributed by atoms with Crippen molar-refractivity contribution < 1.29 is 18.7 Å². The first-order valence-electron chi connectivity index (χ1n) is 8.98. The standard InChI is InChI=1S/C21H18F2N2O2S/c1-21(22,23)16-8-2-12(3-9-16)10-14-6-7-15(20(26)27)11-17(14)19-25-24-18(28-19)13-4-5-13/h2-3,6-9,11,13H,4-5,10H2,1H3,(H,26,27). The highest BCUT2D eigenvalue weighted by Crippen LogP contribution is 2.43. The minimum absolute atomic E-state index is 0.0316. The Labute approximate surface area is 164 Å². The van der Waals surface area contributed by atoms with Crippen LogP contribution in [0.3, 0.4) is 0 Å². The molecule has 144 valence electrons. The summed E-state index contributed by atoms with van der Waals surface area (Å²) in [5.41, 5.74) is 2.64. The molecule has 2 aromatic carbocycles. The quantitative estimate of drug-likeness (QED) is 0.595. The van der Waals surface area contributed by atoms with E-state index in [0.717, 1.165) is 41.5 Å². The first-order chi connectivity index (χ1) is 13.3. The van der Waals surface area contributed by atoms with Crippen molar-refractivity contribution in [3.63, 3.8) is 0 Å². The highest BCUT2D eigenvalue weighted by atomic mass is 32.1. The van der Waals surface area contributed by atoms with Gasteiger partial charge in [0.1, 0.15) is 10.0 Å². The van der Waals surface area contributed by atoms with Crippen molar-refractivity contribution >= 4 is 17.3 Å². The van der Waals surface area contributed by atoms with E-state index in [1.54, 1.807) is 30.3 Å². The number of hydrogen-bond acceptors (Lipinski definition) is 4. The van der Waals surface area contributed by atoms with Crippen molar-refractivity contribution in [3.05, 3.63) is 69.7 Å². The van der Waals surface area contributed by atoms with E-state index in [4.69, 9.17) is 0 Å². The number of aromatic carboxylic acids is 1. The normalized spacial score (nSPS) is 14.2. The Hall–Kier alpha value is -2.67. The second-order valence-electron chi connectivity index (χ2n) is 7.16. The number of carbonyl (C=O) groups is 1. The van der Waals surface area contributed by atoms with Gasteiger partial charge in [-0.05, 0) is 42.5 Å². The Morgan fingerprint density at radius 2 is 1.89 bits per heavy atom. The molecule has 0 saturated heterocycles. The van der Waals surface area contributed by atoms with Crippen molar-refractivity contribution in [1.29, 1.82) is 0 Å². The summed E-state index contributed by atoms with van der Waals surface area (Å²) in [6.07, 6.45) is 2.72. The maximum atomic E-state index is 13.4. The predicted molar refractivity (Wildman–Crippen MR) is 103 cm³/mol. The lowest BCUT2D eigenvalue weighted by Crippen LogP contribution is -2.06. The number of carboxylic acid groups (broad SMARTS) is 1. The minimum Gasteiger partial charge on any atom is -0.478 e. The Morgan fingerprint density at radius 1 is 1.18 bits per heavy atom. The van der Waals surface area contributed by atoms with E-state index in [0.29, 0.717) is 17.3 Å². The number of rotatable bonds is 6. The van der Waals surface area contributed by atoms with Crippen LogP contribution in [0.4, 0.5) is 8.78 Å². The van der Waals surface area contributed by atoms with Crippen LogP contribution in [0.15, 0.2) is 42.5 Å². The molecule has 0 atom stereocenters. The first-order valence-corrected chi connectivity index (χ1v) is 9.80. The van der Waals surface area contributed by atoms with Crippen LogP contribution in [-0.2, 0) is 12.3 Å². The van der Waals surface area contributed by atoms with Crippen LogP contribution < -0.4 is 0 Å². The molecule has 7 heteroatoms. The Balaban J connectivity index is 1.68. The third-order valence-corrected chi connectivity index (χ3v) is 5.93. The Kier molecular flexibility index (Phi) is 4.71. The number of alkyl halides is 2. The molecule has 1 aliphatic rings. The van der Waals surface area contributed by atoms with Crippen LogP contribution >= 0.6 is 11.3 Å². The maximum Gasteiger partial charge on any atom is 0.335 e. The average molecular weight is 400 g/mol. The van der Waals surface area contributed by atoms with Crippen molar-refractivity contribution in [2.45, 2.75) is 38.0 Å². The van der Waals surface area contributed by atoms with Gasteiger partial charge in [-0.1, -0.05) is 41.7 Å². The van der Waals surface area contributed by atoms with Crippen LogP contribution in [0.1, 0.15) is 57.7 Å². The molecule has 1 aromatic heterocycles. The van der Waals surface area contributed by atoms with Gasteiger partial charge in [-0.3, -0.25) is 0 Å². The molecule has 1 heterocycles. The molecule has 0 aliphatic heterocycles. The summed E-state index contributed by atoms with van der Waals surface area (Å²) in [5, 5.41) is 19.5. The van der Waals surface area contributed by atoms with Gasteiger partial charge in [0, 0.05) is 24.0 Å². The Bertz CT molecular complexity index is 1020. The van der Waals surface area contributed by atoms with E-state index in [1.165, 1.54) is 23.5 Å². The van der Waals surface area contributed by atoms with Gasteiger partial charge >= 0.3 is 5.97 Å². The van der Waals surface area contributed by atoms with E-state index in [-0.39, 0.29) is 11.1 Å². The molecule has 4 rings (SSSR count). The fourth-order valence-electron chi connectivity index (χ4n) is 3.04. The van der Waals surface area contributed by atoms with E-state index >= 15 is 0 Å². The molecule has 0 spiro atoms. The predicted octanol–water partition coefficient (Wildman–Crippen LogP) is 5.48. The van der Waals surface area contributed by atoms with Gasteiger partial charge in [-0.2, -0.15) is 0 Å². The summed E-state index contributed by atoms with van der Waals surface area (Å²) in [6.45, 7) is 0.873. The molecule has 0 bridgehead atoms. The summed E-state index contributed by atoms with van der Waals surface area (Å²) < 4.78 is 26.8. The summed E-state index contributed by atoms with van der Waals surface area (Å²) in [7, 11) is 0. The molecular weight excluding hydrogens is 382 g/mol. The second kappa shape index (κ2) is 7.05. The van der Waals surface area contributed by atoms with Crippen molar-refractivity contribution in [2.75, 3.05) is 0 Å². The van der Waals surface area contributed by atoms with Gasteiger partial charge < -0.3 is 5.11 Å². The minimum atomic E-state index is -2.88. The van der Waals surface area contributed by atoms with Gasteiger partial charge in [0.2, 0.25) is 0 Å². The summed E-state index contributed by atoms with van der Waals surface area (Å²) in [6, 6.07) is 11.1. The number of aromatic nitrogens is 2. The zero-order valence-electron chi connectivity index (χ0n) is 15.2. The highest BCUT2D eigenvalue weighted by molar-refractivity contribution is 7.14.